The topological polar surface area (TPSA) is 53.9 Å². The van der Waals surface area contributed by atoms with Crippen molar-refractivity contribution in [2.45, 2.75) is 56.9 Å². The zero-order valence-electron chi connectivity index (χ0n) is 13.5. The summed E-state index contributed by atoms with van der Waals surface area (Å²) in [6, 6.07) is 0.484. The van der Waals surface area contributed by atoms with Crippen molar-refractivity contribution >= 4 is 23.7 Å². The molecule has 1 N–H and O–H groups in total. The van der Waals surface area contributed by atoms with Crippen molar-refractivity contribution in [2.75, 3.05) is 25.9 Å². The minimum Gasteiger partial charge on any atom is -0.444 e. The highest BCUT2D eigenvalue weighted by Crippen LogP contribution is 2.28. The Hall–Kier alpha value is -0.910. The lowest BCUT2D eigenvalue weighted by atomic mass is 10.2. The lowest BCUT2D eigenvalue weighted by Crippen LogP contribution is -2.50. The fourth-order valence-electron chi connectivity index (χ4n) is 2.78. The van der Waals surface area contributed by atoms with Crippen molar-refractivity contribution < 1.29 is 9.53 Å². The second-order valence-corrected chi connectivity index (χ2v) is 7.76. The lowest BCUT2D eigenvalue weighted by Gasteiger charge is -2.31. The van der Waals surface area contributed by atoms with Gasteiger partial charge in [-0.1, -0.05) is 6.42 Å². The van der Waals surface area contributed by atoms with Crippen LogP contribution in [0.5, 0.6) is 0 Å². The van der Waals surface area contributed by atoms with Gasteiger partial charge in [0.2, 0.25) is 0 Å². The van der Waals surface area contributed by atoms with E-state index in [2.05, 4.69) is 16.6 Å². The van der Waals surface area contributed by atoms with E-state index in [0.29, 0.717) is 30.9 Å². The van der Waals surface area contributed by atoms with Crippen LogP contribution in [0.3, 0.4) is 0 Å². The van der Waals surface area contributed by atoms with Crippen LogP contribution in [0.2, 0.25) is 0 Å². The van der Waals surface area contributed by atoms with Crippen molar-refractivity contribution in [2.24, 2.45) is 4.99 Å². The van der Waals surface area contributed by atoms with Crippen molar-refractivity contribution in [3.05, 3.63) is 0 Å². The van der Waals surface area contributed by atoms with Crippen LogP contribution in [-0.2, 0) is 4.74 Å². The van der Waals surface area contributed by atoms with Crippen LogP contribution in [0.4, 0.5) is 4.79 Å². The summed E-state index contributed by atoms with van der Waals surface area (Å²) in [5.41, 5.74) is -0.450. The van der Waals surface area contributed by atoms with Gasteiger partial charge in [0, 0.05) is 17.8 Å². The van der Waals surface area contributed by atoms with E-state index in [0.717, 1.165) is 5.84 Å². The highest BCUT2D eigenvalue weighted by Gasteiger charge is 2.30. The van der Waals surface area contributed by atoms with Crippen LogP contribution in [-0.4, -0.2) is 59.6 Å². The molecule has 2 rings (SSSR count). The quantitative estimate of drug-likeness (QED) is 0.851. The Morgan fingerprint density at radius 2 is 2.19 bits per heavy atom. The summed E-state index contributed by atoms with van der Waals surface area (Å²) in [4.78, 5) is 18.4. The summed E-state index contributed by atoms with van der Waals surface area (Å²) >= 11 is 1.92. The highest BCUT2D eigenvalue weighted by atomic mass is 32.2. The van der Waals surface area contributed by atoms with E-state index in [4.69, 9.17) is 4.74 Å². The second-order valence-electron chi connectivity index (χ2n) is 6.69. The van der Waals surface area contributed by atoms with E-state index in [1.165, 1.54) is 19.3 Å². The van der Waals surface area contributed by atoms with E-state index in [9.17, 15) is 4.79 Å². The maximum absolute atomic E-state index is 12.1. The van der Waals surface area contributed by atoms with Gasteiger partial charge in [-0.05, 0) is 39.9 Å². The number of nitrogens with zero attached hydrogens (tertiary/aromatic N) is 2. The first kappa shape index (κ1) is 16.5. The molecule has 2 aliphatic rings. The smallest absolute Gasteiger partial charge is 0.410 e. The van der Waals surface area contributed by atoms with Gasteiger partial charge in [0.05, 0.1) is 13.1 Å². The first-order valence-electron chi connectivity index (χ1n) is 7.69. The third kappa shape index (κ3) is 4.80. The van der Waals surface area contributed by atoms with Crippen LogP contribution in [0, 0.1) is 0 Å². The molecule has 0 spiro atoms. The molecule has 2 atom stereocenters. The van der Waals surface area contributed by atoms with Gasteiger partial charge in [-0.3, -0.25) is 9.89 Å². The molecule has 5 nitrogen and oxygen atoms in total. The number of hydrogen-bond acceptors (Lipinski definition) is 5. The van der Waals surface area contributed by atoms with Gasteiger partial charge >= 0.3 is 6.09 Å². The molecule has 1 heterocycles. The Bertz CT molecular complexity index is 406. The Balaban J connectivity index is 1.88. The van der Waals surface area contributed by atoms with Crippen molar-refractivity contribution in [3.8, 4) is 0 Å². The number of thioether (sulfide) groups is 1. The number of hydrogen-bond donors (Lipinski definition) is 1. The van der Waals surface area contributed by atoms with E-state index >= 15 is 0 Å². The number of nitrogens with one attached hydrogen (secondary N) is 1. The Morgan fingerprint density at radius 3 is 2.86 bits per heavy atom. The molecular formula is C15H27N3O2S. The van der Waals surface area contributed by atoms with Gasteiger partial charge in [0.15, 0.2) is 0 Å². The van der Waals surface area contributed by atoms with Crippen LogP contribution in [0.15, 0.2) is 4.99 Å². The summed E-state index contributed by atoms with van der Waals surface area (Å²) in [6.07, 6.45) is 5.65. The first-order chi connectivity index (χ1) is 9.89. The SMILES string of the molecule is CSC1CCCC1NC1=NCCN(C(=O)OC(C)(C)C)C1. The van der Waals surface area contributed by atoms with Gasteiger partial charge in [-0.15, -0.1) is 0 Å². The molecular weight excluding hydrogens is 286 g/mol. The normalized spacial score (nSPS) is 26.5. The van der Waals surface area contributed by atoms with Crippen LogP contribution in [0.25, 0.3) is 0 Å². The average molecular weight is 313 g/mol. The van der Waals surface area contributed by atoms with Gasteiger partial charge in [0.25, 0.3) is 0 Å². The number of carbonyl (C=O) groups excluding carboxylic acids is 1. The molecule has 1 aliphatic heterocycles. The van der Waals surface area contributed by atoms with Gasteiger partial charge in [-0.25, -0.2) is 4.79 Å². The van der Waals surface area contributed by atoms with E-state index < -0.39 is 5.60 Å². The molecule has 0 radical (unpaired) electrons. The lowest BCUT2D eigenvalue weighted by molar-refractivity contribution is 0.0276. The summed E-state index contributed by atoms with van der Waals surface area (Å²) in [6.45, 7) is 7.50. The molecule has 0 bridgehead atoms. The zero-order chi connectivity index (χ0) is 15.5. The number of carbonyl (C=O) groups is 1. The monoisotopic (exact) mass is 313 g/mol. The predicted octanol–water partition coefficient (Wildman–Crippen LogP) is 2.51. The van der Waals surface area contributed by atoms with Crippen molar-refractivity contribution in [1.29, 1.82) is 0 Å². The highest BCUT2D eigenvalue weighted by molar-refractivity contribution is 7.99. The molecule has 1 amide bonds. The fourth-order valence-corrected chi connectivity index (χ4v) is 3.71. The zero-order valence-corrected chi connectivity index (χ0v) is 14.3. The molecule has 0 aromatic heterocycles. The van der Waals surface area contributed by atoms with Crippen LogP contribution < -0.4 is 5.32 Å². The molecule has 1 saturated carbocycles. The first-order valence-corrected chi connectivity index (χ1v) is 8.98. The maximum Gasteiger partial charge on any atom is 0.410 e. The fraction of sp³-hybridized carbons (Fsp3) is 0.867. The number of aliphatic imine (C=N–C) groups is 1. The standard InChI is InChI=1S/C15H27N3O2S/c1-15(2,3)20-14(19)18-9-8-16-13(10-18)17-11-6-5-7-12(11)21-4/h11-12H,5-10H2,1-4H3,(H,16,17). The molecule has 21 heavy (non-hydrogen) atoms. The summed E-state index contributed by atoms with van der Waals surface area (Å²) in [7, 11) is 0. The molecule has 1 fully saturated rings. The number of ether oxygens (including phenoxy) is 1. The molecule has 6 heteroatoms. The minimum atomic E-state index is -0.450. The third-order valence-electron chi connectivity index (χ3n) is 3.77. The number of amidine groups is 1. The third-order valence-corrected chi connectivity index (χ3v) is 4.94. The Kier molecular flexibility index (Phi) is 5.41. The molecule has 0 aromatic carbocycles. The molecule has 1 aliphatic carbocycles. The molecule has 0 saturated heterocycles. The predicted molar refractivity (Wildman–Crippen MR) is 88.2 cm³/mol. The average Bonchev–Trinajstić information content (AvgIpc) is 2.84. The van der Waals surface area contributed by atoms with Gasteiger partial charge < -0.3 is 10.1 Å². The van der Waals surface area contributed by atoms with Gasteiger partial charge in [0.1, 0.15) is 11.4 Å². The van der Waals surface area contributed by atoms with E-state index in [1.54, 1.807) is 4.90 Å². The number of amides is 1. The summed E-state index contributed by atoms with van der Waals surface area (Å²) in [5.74, 6) is 0.929. The molecule has 0 aromatic rings. The maximum atomic E-state index is 12.1. The Labute approximate surface area is 131 Å². The molecule has 120 valence electrons. The van der Waals surface area contributed by atoms with Crippen LogP contribution in [0.1, 0.15) is 40.0 Å². The second kappa shape index (κ2) is 6.90. The number of rotatable bonds is 2. The summed E-state index contributed by atoms with van der Waals surface area (Å²) in [5, 5.41) is 4.20. The minimum absolute atomic E-state index is 0.246. The van der Waals surface area contributed by atoms with E-state index in [-0.39, 0.29) is 6.09 Å². The summed E-state index contributed by atoms with van der Waals surface area (Å²) < 4.78 is 5.44. The largest absolute Gasteiger partial charge is 0.444 e. The van der Waals surface area contributed by atoms with E-state index in [1.807, 2.05) is 32.5 Å². The Morgan fingerprint density at radius 1 is 1.43 bits per heavy atom. The van der Waals surface area contributed by atoms with Gasteiger partial charge in [-0.2, -0.15) is 11.8 Å². The van der Waals surface area contributed by atoms with Crippen molar-refractivity contribution in [1.82, 2.24) is 10.2 Å². The molecule has 2 unspecified atom stereocenters. The van der Waals surface area contributed by atoms with Crippen molar-refractivity contribution in [3.63, 3.8) is 0 Å². The van der Waals surface area contributed by atoms with Crippen LogP contribution >= 0.6 is 11.8 Å².